The Labute approximate surface area is 155 Å². The van der Waals surface area contributed by atoms with Crippen LogP contribution in [-0.4, -0.2) is 42.1 Å². The molecule has 0 radical (unpaired) electrons. The third kappa shape index (κ3) is 4.05. The molecule has 1 amide bonds. The first kappa shape index (κ1) is 18.4. The fourth-order valence-corrected chi connectivity index (χ4v) is 2.81. The Morgan fingerprint density at radius 3 is 2.52 bits per heavy atom. The van der Waals surface area contributed by atoms with Gasteiger partial charge in [-0.15, -0.1) is 5.10 Å². The first-order valence-corrected chi connectivity index (χ1v) is 8.58. The minimum absolute atomic E-state index is 0.0196. The standard InChI is InChI=1S/C19H20N4O4/c1-14(18(25)26)22(13-15-7-3-2-4-8-15)17(24)10-12-23-19(27)21-11-6-5-9-16(21)20-23/h2-9,11,14H,10,12-13H2,1H3,(H,25,26). The molecule has 8 nitrogen and oxygen atoms in total. The van der Waals surface area contributed by atoms with E-state index in [1.165, 1.54) is 20.9 Å². The van der Waals surface area contributed by atoms with Crippen molar-refractivity contribution in [3.8, 4) is 0 Å². The molecule has 0 saturated heterocycles. The Morgan fingerprint density at radius 1 is 1.15 bits per heavy atom. The second kappa shape index (κ2) is 7.86. The van der Waals surface area contributed by atoms with E-state index in [2.05, 4.69) is 5.10 Å². The van der Waals surface area contributed by atoms with E-state index in [0.29, 0.717) is 5.65 Å². The summed E-state index contributed by atoms with van der Waals surface area (Å²) in [4.78, 5) is 37.7. The van der Waals surface area contributed by atoms with Crippen molar-refractivity contribution in [3.63, 3.8) is 0 Å². The highest BCUT2D eigenvalue weighted by Crippen LogP contribution is 2.11. The maximum absolute atomic E-state index is 12.7. The summed E-state index contributed by atoms with van der Waals surface area (Å²) in [6, 6.07) is 13.4. The molecule has 0 aliphatic rings. The lowest BCUT2D eigenvalue weighted by molar-refractivity contribution is -0.150. The molecule has 0 fully saturated rings. The molecular formula is C19H20N4O4. The molecule has 0 spiro atoms. The number of carboxylic acid groups (broad SMARTS) is 1. The summed E-state index contributed by atoms with van der Waals surface area (Å²) in [7, 11) is 0. The van der Waals surface area contributed by atoms with Gasteiger partial charge in [0.1, 0.15) is 6.04 Å². The molecule has 3 aromatic rings. The molecule has 140 valence electrons. The van der Waals surface area contributed by atoms with Gasteiger partial charge in [-0.2, -0.15) is 0 Å². The summed E-state index contributed by atoms with van der Waals surface area (Å²) in [6.45, 7) is 1.74. The van der Waals surface area contributed by atoms with E-state index in [4.69, 9.17) is 0 Å². The van der Waals surface area contributed by atoms with Crippen molar-refractivity contribution in [1.82, 2.24) is 19.1 Å². The van der Waals surface area contributed by atoms with Gasteiger partial charge in [-0.05, 0) is 24.6 Å². The van der Waals surface area contributed by atoms with Crippen molar-refractivity contribution in [2.24, 2.45) is 0 Å². The molecule has 1 N–H and O–H groups in total. The number of carboxylic acids is 1. The summed E-state index contributed by atoms with van der Waals surface area (Å²) in [5.74, 6) is -1.43. The monoisotopic (exact) mass is 368 g/mol. The van der Waals surface area contributed by atoms with Gasteiger partial charge in [0.25, 0.3) is 0 Å². The molecule has 0 aliphatic heterocycles. The number of rotatable bonds is 7. The molecule has 0 saturated carbocycles. The van der Waals surface area contributed by atoms with Crippen molar-refractivity contribution < 1.29 is 14.7 Å². The lowest BCUT2D eigenvalue weighted by atomic mass is 10.1. The van der Waals surface area contributed by atoms with Crippen LogP contribution in [0.25, 0.3) is 5.65 Å². The Bertz CT molecular complexity index is 1010. The molecule has 3 rings (SSSR count). The van der Waals surface area contributed by atoms with Crippen LogP contribution in [0.4, 0.5) is 0 Å². The van der Waals surface area contributed by atoms with Crippen LogP contribution in [0.1, 0.15) is 18.9 Å². The third-order valence-electron chi connectivity index (χ3n) is 4.37. The molecule has 2 aromatic heterocycles. The van der Waals surface area contributed by atoms with Crippen LogP contribution in [0.3, 0.4) is 0 Å². The number of aromatic nitrogens is 3. The summed E-state index contributed by atoms with van der Waals surface area (Å²) < 4.78 is 2.62. The zero-order valence-corrected chi connectivity index (χ0v) is 14.9. The Hall–Kier alpha value is -3.42. The van der Waals surface area contributed by atoms with Gasteiger partial charge in [0.2, 0.25) is 5.91 Å². The van der Waals surface area contributed by atoms with Crippen LogP contribution in [0.15, 0.2) is 59.5 Å². The van der Waals surface area contributed by atoms with Gasteiger partial charge in [0.05, 0.1) is 6.54 Å². The minimum Gasteiger partial charge on any atom is -0.480 e. The molecule has 0 aliphatic carbocycles. The van der Waals surface area contributed by atoms with Crippen LogP contribution in [0, 0.1) is 0 Å². The maximum atomic E-state index is 12.7. The average Bonchev–Trinajstić information content (AvgIpc) is 3.00. The highest BCUT2D eigenvalue weighted by atomic mass is 16.4. The molecule has 2 heterocycles. The number of pyridine rings is 1. The fraction of sp³-hybridized carbons (Fsp3) is 0.263. The summed E-state index contributed by atoms with van der Waals surface area (Å²) in [6.07, 6.45) is 1.59. The van der Waals surface area contributed by atoms with Crippen molar-refractivity contribution in [2.75, 3.05) is 0 Å². The van der Waals surface area contributed by atoms with E-state index >= 15 is 0 Å². The predicted octanol–water partition coefficient (Wildman–Crippen LogP) is 1.39. The molecule has 1 aromatic carbocycles. The number of nitrogens with zero attached hydrogens (tertiary/aromatic N) is 4. The van der Waals surface area contributed by atoms with E-state index in [9.17, 15) is 19.5 Å². The van der Waals surface area contributed by atoms with Gasteiger partial charge in [-0.3, -0.25) is 9.20 Å². The summed E-state index contributed by atoms with van der Waals surface area (Å²) in [5, 5.41) is 13.5. The van der Waals surface area contributed by atoms with Gasteiger partial charge in [-0.1, -0.05) is 36.4 Å². The molecule has 27 heavy (non-hydrogen) atoms. The van der Waals surface area contributed by atoms with Crippen LogP contribution in [-0.2, 0) is 22.7 Å². The van der Waals surface area contributed by atoms with E-state index in [0.717, 1.165) is 5.56 Å². The van der Waals surface area contributed by atoms with Gasteiger partial charge >= 0.3 is 11.7 Å². The second-order valence-electron chi connectivity index (χ2n) is 6.21. The SMILES string of the molecule is CC(C(=O)O)N(Cc1ccccc1)C(=O)CCn1nc2ccccn2c1=O. The van der Waals surface area contributed by atoms with Crippen molar-refractivity contribution >= 4 is 17.5 Å². The smallest absolute Gasteiger partial charge is 0.350 e. The molecule has 1 atom stereocenters. The second-order valence-corrected chi connectivity index (χ2v) is 6.21. The van der Waals surface area contributed by atoms with Crippen molar-refractivity contribution in [2.45, 2.75) is 32.5 Å². The molecule has 8 heteroatoms. The van der Waals surface area contributed by atoms with Gasteiger partial charge in [0, 0.05) is 19.2 Å². The highest BCUT2D eigenvalue weighted by Gasteiger charge is 2.25. The van der Waals surface area contributed by atoms with E-state index in [1.807, 2.05) is 30.3 Å². The molecule has 1 unspecified atom stereocenters. The number of carbonyl (C=O) groups is 2. The van der Waals surface area contributed by atoms with E-state index in [1.54, 1.807) is 24.4 Å². The van der Waals surface area contributed by atoms with Gasteiger partial charge < -0.3 is 10.0 Å². The quantitative estimate of drug-likeness (QED) is 0.680. The van der Waals surface area contributed by atoms with Crippen LogP contribution in [0.5, 0.6) is 0 Å². The Morgan fingerprint density at radius 2 is 1.85 bits per heavy atom. The number of carbonyl (C=O) groups excluding carboxylic acids is 1. The number of fused-ring (bicyclic) bond motifs is 1. The zero-order valence-electron chi connectivity index (χ0n) is 14.9. The lowest BCUT2D eigenvalue weighted by Crippen LogP contribution is -2.43. The van der Waals surface area contributed by atoms with Crippen LogP contribution in [0.2, 0.25) is 0 Å². The van der Waals surface area contributed by atoms with E-state index < -0.39 is 12.0 Å². The largest absolute Gasteiger partial charge is 0.480 e. The lowest BCUT2D eigenvalue weighted by Gasteiger charge is -2.26. The number of amides is 1. The Balaban J connectivity index is 1.76. The molecular weight excluding hydrogens is 348 g/mol. The van der Waals surface area contributed by atoms with Gasteiger partial charge in [-0.25, -0.2) is 14.3 Å². The fourth-order valence-electron chi connectivity index (χ4n) is 2.81. The third-order valence-corrected chi connectivity index (χ3v) is 4.37. The predicted molar refractivity (Wildman–Crippen MR) is 98.2 cm³/mol. The number of aryl methyl sites for hydroxylation is 1. The topological polar surface area (TPSA) is 96.9 Å². The number of hydrogen-bond donors (Lipinski definition) is 1. The van der Waals surface area contributed by atoms with Crippen molar-refractivity contribution in [1.29, 1.82) is 0 Å². The first-order chi connectivity index (χ1) is 13.0. The number of hydrogen-bond acceptors (Lipinski definition) is 4. The average molecular weight is 368 g/mol. The minimum atomic E-state index is -1.08. The summed E-state index contributed by atoms with van der Waals surface area (Å²) in [5.41, 5.74) is 0.998. The number of benzene rings is 1. The van der Waals surface area contributed by atoms with Crippen molar-refractivity contribution in [3.05, 3.63) is 70.8 Å². The van der Waals surface area contributed by atoms with Crippen LogP contribution >= 0.6 is 0 Å². The van der Waals surface area contributed by atoms with Gasteiger partial charge in [0.15, 0.2) is 5.65 Å². The number of aliphatic carboxylic acids is 1. The van der Waals surface area contributed by atoms with Crippen LogP contribution < -0.4 is 5.69 Å². The highest BCUT2D eigenvalue weighted by molar-refractivity contribution is 5.83. The maximum Gasteiger partial charge on any atom is 0.350 e. The summed E-state index contributed by atoms with van der Waals surface area (Å²) >= 11 is 0. The zero-order chi connectivity index (χ0) is 19.4. The first-order valence-electron chi connectivity index (χ1n) is 8.58. The normalized spacial score (nSPS) is 12.0. The Kier molecular flexibility index (Phi) is 5.35. The molecule has 0 bridgehead atoms. The van der Waals surface area contributed by atoms with E-state index in [-0.39, 0.29) is 31.1 Å².